The molecular weight excluding hydrogens is 98.1 g/mol. The first kappa shape index (κ1) is 5.29. The third-order valence-electron chi connectivity index (χ3n) is 1.07. The van der Waals surface area contributed by atoms with Gasteiger partial charge in [0.05, 0.1) is 6.20 Å². The van der Waals surface area contributed by atoms with Gasteiger partial charge < -0.3 is 0 Å². The highest BCUT2D eigenvalue weighted by molar-refractivity contribution is 5.12. The first-order valence-electron chi connectivity index (χ1n) is 2.45. The molecule has 0 saturated carbocycles. The van der Waals surface area contributed by atoms with E-state index >= 15 is 0 Å². The molecule has 8 heavy (non-hydrogen) atoms. The van der Waals surface area contributed by atoms with Crippen LogP contribution in [0, 0.1) is 32.2 Å². The predicted octanol–water partition coefficient (Wildman–Crippen LogP) is 1.10. The second-order valence-corrected chi connectivity index (χ2v) is 1.68. The van der Waals surface area contributed by atoms with E-state index in [9.17, 15) is 0 Å². The van der Waals surface area contributed by atoms with Crippen molar-refractivity contribution in [3.63, 3.8) is 0 Å². The number of rotatable bonds is 0. The second kappa shape index (κ2) is 1.95. The van der Waals surface area contributed by atoms with Gasteiger partial charge in [0.1, 0.15) is 0 Å². The normalized spacial score (nSPS) is 9.25. The third-order valence-corrected chi connectivity index (χ3v) is 1.07. The Morgan fingerprint density at radius 2 is 2.12 bits per heavy atom. The molecule has 3 radical (unpaired) electrons. The zero-order valence-corrected chi connectivity index (χ0v) is 4.95. The summed E-state index contributed by atoms with van der Waals surface area (Å²) in [5.41, 5.74) is 2.02. The van der Waals surface area contributed by atoms with E-state index in [0.717, 1.165) is 11.3 Å². The highest BCUT2D eigenvalue weighted by atomic mass is 14.6. The van der Waals surface area contributed by atoms with E-state index in [1.54, 1.807) is 0 Å². The average Bonchev–Trinajstić information content (AvgIpc) is 1.77. The molecule has 0 atom stereocenters. The van der Waals surface area contributed by atoms with E-state index < -0.39 is 0 Å². The van der Waals surface area contributed by atoms with Gasteiger partial charge in [0.15, 0.2) is 0 Å². The summed E-state index contributed by atoms with van der Waals surface area (Å²) in [5, 5.41) is 0. The Kier molecular flexibility index (Phi) is 1.29. The van der Waals surface area contributed by atoms with Crippen molar-refractivity contribution in [3.05, 3.63) is 29.6 Å². The van der Waals surface area contributed by atoms with Gasteiger partial charge in [-0.15, -0.1) is 0 Å². The van der Waals surface area contributed by atoms with Crippen LogP contribution in [-0.4, -0.2) is 4.98 Å². The fourth-order valence-corrected chi connectivity index (χ4v) is 0.408. The summed E-state index contributed by atoms with van der Waals surface area (Å²) in [6, 6.07) is 5.50. The molecule has 39 valence electrons. The van der Waals surface area contributed by atoms with Crippen molar-refractivity contribution in [1.29, 1.82) is 0 Å². The van der Waals surface area contributed by atoms with E-state index in [1.165, 1.54) is 0 Å². The van der Waals surface area contributed by atoms with Crippen molar-refractivity contribution in [3.8, 4) is 0 Å². The lowest BCUT2D eigenvalue weighted by Gasteiger charge is -1.90. The summed E-state index contributed by atoms with van der Waals surface area (Å²) in [5.74, 6) is 0. The van der Waals surface area contributed by atoms with E-state index in [0.29, 0.717) is 0 Å². The molecule has 0 aliphatic carbocycles. The highest BCUT2D eigenvalue weighted by Crippen LogP contribution is 1.96. The Morgan fingerprint density at radius 3 is 2.50 bits per heavy atom. The summed E-state index contributed by atoms with van der Waals surface area (Å²) < 4.78 is 0. The summed E-state index contributed by atoms with van der Waals surface area (Å²) in [7, 11) is 0. The van der Waals surface area contributed by atoms with Gasteiger partial charge in [0.25, 0.3) is 0 Å². The molecule has 0 amide bonds. The molecule has 0 fully saturated rings. The lowest BCUT2D eigenvalue weighted by molar-refractivity contribution is 1.13. The smallest absolute Gasteiger partial charge is 0.0981 e. The molecule has 1 aromatic heterocycles. The molecule has 1 heteroatoms. The Balaban J connectivity index is 3.13. The number of hydrogen-bond donors (Lipinski definition) is 0. The summed E-state index contributed by atoms with van der Waals surface area (Å²) in [6.07, 6.45) is 2.57. The summed E-state index contributed by atoms with van der Waals surface area (Å²) in [4.78, 5) is 3.87. The van der Waals surface area contributed by atoms with Crippen LogP contribution < -0.4 is 0 Å². The van der Waals surface area contributed by atoms with Crippen LogP contribution in [0.2, 0.25) is 0 Å². The molecule has 1 heterocycles. The predicted molar refractivity (Wildman–Crippen MR) is 30.2 cm³/mol. The van der Waals surface area contributed by atoms with Crippen LogP contribution in [0.4, 0.5) is 0 Å². The van der Waals surface area contributed by atoms with Crippen LogP contribution in [0.5, 0.6) is 0 Å². The molecule has 1 nitrogen and oxygen atoms in total. The molecule has 0 bridgehead atoms. The van der Waals surface area contributed by atoms with Gasteiger partial charge in [-0.2, -0.15) is 0 Å². The maximum atomic E-state index is 3.87. The Labute approximate surface area is 49.4 Å². The van der Waals surface area contributed by atoms with Crippen LogP contribution in [0.3, 0.4) is 0 Å². The van der Waals surface area contributed by atoms with Crippen LogP contribution in [0.15, 0.2) is 0 Å². The molecule has 0 unspecified atom stereocenters. The number of pyridine rings is 1. The molecule has 1 rings (SSSR count). The maximum absolute atomic E-state index is 3.87. The second-order valence-electron chi connectivity index (χ2n) is 1.68. The van der Waals surface area contributed by atoms with E-state index in [1.807, 2.05) is 13.8 Å². The standard InChI is InChI=1S/C7H6N/c1-6-4-3-5-8-7(6)2/h1-2H3. The monoisotopic (exact) mass is 104 g/mol. The lowest BCUT2D eigenvalue weighted by Crippen LogP contribution is -1.83. The van der Waals surface area contributed by atoms with Gasteiger partial charge in [-0.25, -0.2) is 0 Å². The van der Waals surface area contributed by atoms with Crippen LogP contribution >= 0.6 is 0 Å². The number of aromatic nitrogens is 1. The molecule has 0 aliphatic heterocycles. The van der Waals surface area contributed by atoms with Gasteiger partial charge in [0.2, 0.25) is 0 Å². The van der Waals surface area contributed by atoms with E-state index in [2.05, 4.69) is 23.3 Å². The molecule has 0 spiro atoms. The number of hydrogen-bond acceptors (Lipinski definition) is 1. The van der Waals surface area contributed by atoms with Gasteiger partial charge in [-0.1, -0.05) is 0 Å². The van der Waals surface area contributed by atoms with Gasteiger partial charge in [-0.05, 0) is 25.5 Å². The minimum atomic E-state index is 0.976. The van der Waals surface area contributed by atoms with Gasteiger partial charge in [-0.3, -0.25) is 4.98 Å². The minimum absolute atomic E-state index is 0.976. The Morgan fingerprint density at radius 1 is 1.38 bits per heavy atom. The minimum Gasteiger partial charge on any atom is -0.250 e. The largest absolute Gasteiger partial charge is 0.250 e. The summed E-state index contributed by atoms with van der Waals surface area (Å²) in [6.45, 7) is 3.88. The summed E-state index contributed by atoms with van der Waals surface area (Å²) >= 11 is 0. The van der Waals surface area contributed by atoms with Crippen molar-refractivity contribution >= 4 is 0 Å². The fraction of sp³-hybridized carbons (Fsp3) is 0.286. The van der Waals surface area contributed by atoms with E-state index in [-0.39, 0.29) is 0 Å². The van der Waals surface area contributed by atoms with Crippen molar-refractivity contribution < 1.29 is 0 Å². The molecule has 0 saturated heterocycles. The van der Waals surface area contributed by atoms with Crippen LogP contribution in [0.25, 0.3) is 0 Å². The van der Waals surface area contributed by atoms with Gasteiger partial charge >= 0.3 is 0 Å². The molecule has 1 aromatic rings. The number of nitrogens with zero attached hydrogens (tertiary/aromatic N) is 1. The van der Waals surface area contributed by atoms with Crippen molar-refractivity contribution in [2.75, 3.05) is 0 Å². The zero-order chi connectivity index (χ0) is 5.98. The van der Waals surface area contributed by atoms with Gasteiger partial charge in [0, 0.05) is 11.8 Å². The van der Waals surface area contributed by atoms with E-state index in [4.69, 9.17) is 0 Å². The zero-order valence-electron chi connectivity index (χ0n) is 4.95. The molecule has 0 aliphatic rings. The average molecular weight is 104 g/mol. The fourth-order valence-electron chi connectivity index (χ4n) is 0.408. The first-order valence-corrected chi connectivity index (χ1v) is 2.45. The van der Waals surface area contributed by atoms with Crippen LogP contribution in [0.1, 0.15) is 11.3 Å². The van der Waals surface area contributed by atoms with Crippen molar-refractivity contribution in [2.45, 2.75) is 13.8 Å². The molecule has 0 N–H and O–H groups in total. The third kappa shape index (κ3) is 0.861. The SMILES string of the molecule is Cc1[c][c][c]nc1C. The maximum Gasteiger partial charge on any atom is 0.0981 e. The number of aryl methyl sites for hydroxylation is 2. The first-order chi connectivity index (χ1) is 3.80. The van der Waals surface area contributed by atoms with Crippen molar-refractivity contribution in [2.24, 2.45) is 0 Å². The van der Waals surface area contributed by atoms with Crippen LogP contribution in [-0.2, 0) is 0 Å². The Bertz CT molecular complexity index is 160. The molecule has 0 aromatic carbocycles. The quantitative estimate of drug-likeness (QED) is 0.480. The lowest BCUT2D eigenvalue weighted by atomic mass is 10.2. The van der Waals surface area contributed by atoms with Crippen molar-refractivity contribution in [1.82, 2.24) is 4.98 Å². The Hall–Kier alpha value is -0.850. The highest BCUT2D eigenvalue weighted by Gasteiger charge is 1.87. The topological polar surface area (TPSA) is 12.9 Å². The molecular formula is C7H6N.